The third-order valence-electron chi connectivity index (χ3n) is 3.34. The Bertz CT molecular complexity index is 925. The molecular weight excluding hydrogens is 316 g/mol. The summed E-state index contributed by atoms with van der Waals surface area (Å²) in [5.74, 6) is 0.780. The first kappa shape index (κ1) is 15.7. The number of nitriles is 2. The summed E-state index contributed by atoms with van der Waals surface area (Å²) in [5, 5.41) is 19.0. The number of aromatic nitrogens is 2. The van der Waals surface area contributed by atoms with Gasteiger partial charge >= 0.3 is 0 Å². The van der Waals surface area contributed by atoms with Crippen LogP contribution in [-0.4, -0.2) is 15.7 Å². The van der Waals surface area contributed by atoms with Crippen LogP contribution in [0.25, 0.3) is 22.6 Å². The summed E-state index contributed by atoms with van der Waals surface area (Å²) < 4.78 is 0. The SMILES string of the molecule is N#CCSc1nc(-c2ccccc2)nc(-c2ccccc2)c1C#N. The highest BCUT2D eigenvalue weighted by Crippen LogP contribution is 2.31. The molecule has 0 aliphatic heterocycles. The molecule has 2 aromatic carbocycles. The maximum Gasteiger partial charge on any atom is 0.161 e. The Kier molecular flexibility index (Phi) is 4.86. The van der Waals surface area contributed by atoms with Crippen LogP contribution in [0.5, 0.6) is 0 Å². The molecule has 0 spiro atoms. The predicted octanol–water partition coefficient (Wildman–Crippen LogP) is 4.30. The van der Waals surface area contributed by atoms with Crippen molar-refractivity contribution in [2.24, 2.45) is 0 Å². The number of thioether (sulfide) groups is 1. The van der Waals surface area contributed by atoms with E-state index in [1.165, 1.54) is 11.8 Å². The minimum absolute atomic E-state index is 0.230. The zero-order valence-corrected chi connectivity index (χ0v) is 13.5. The Morgan fingerprint density at radius 3 is 2.04 bits per heavy atom. The number of hydrogen-bond donors (Lipinski definition) is 0. The summed E-state index contributed by atoms with van der Waals surface area (Å²) in [6.07, 6.45) is 0. The van der Waals surface area contributed by atoms with Crippen LogP contribution in [0.2, 0.25) is 0 Å². The molecular formula is C19H12N4S. The van der Waals surface area contributed by atoms with Crippen molar-refractivity contribution < 1.29 is 0 Å². The van der Waals surface area contributed by atoms with Crippen molar-refractivity contribution in [2.75, 3.05) is 5.75 Å². The lowest BCUT2D eigenvalue weighted by molar-refractivity contribution is 1.05. The first-order valence-electron chi connectivity index (χ1n) is 7.26. The van der Waals surface area contributed by atoms with Gasteiger partial charge in [-0.15, -0.1) is 0 Å². The molecule has 1 heterocycles. The molecule has 0 aliphatic carbocycles. The van der Waals surface area contributed by atoms with Crippen LogP contribution in [0.1, 0.15) is 5.56 Å². The Hall–Kier alpha value is -3.15. The maximum atomic E-state index is 9.60. The van der Waals surface area contributed by atoms with Crippen LogP contribution in [0.3, 0.4) is 0 Å². The third kappa shape index (κ3) is 3.27. The Labute approximate surface area is 144 Å². The molecule has 0 amide bonds. The third-order valence-corrected chi connectivity index (χ3v) is 4.18. The van der Waals surface area contributed by atoms with Crippen LogP contribution < -0.4 is 0 Å². The molecule has 0 aliphatic rings. The maximum absolute atomic E-state index is 9.60. The molecule has 4 nitrogen and oxygen atoms in total. The Balaban J connectivity index is 2.23. The minimum Gasteiger partial charge on any atom is -0.227 e. The summed E-state index contributed by atoms with van der Waals surface area (Å²) >= 11 is 1.25. The first-order chi connectivity index (χ1) is 11.8. The summed E-state index contributed by atoms with van der Waals surface area (Å²) in [6, 6.07) is 23.4. The van der Waals surface area contributed by atoms with E-state index in [1.54, 1.807) is 0 Å². The fraction of sp³-hybridized carbons (Fsp3) is 0.0526. The van der Waals surface area contributed by atoms with E-state index in [0.29, 0.717) is 22.1 Å². The van der Waals surface area contributed by atoms with Crippen LogP contribution in [-0.2, 0) is 0 Å². The molecule has 0 N–H and O–H groups in total. The van der Waals surface area contributed by atoms with Gasteiger partial charge in [0.15, 0.2) is 5.82 Å². The van der Waals surface area contributed by atoms with Crippen molar-refractivity contribution in [2.45, 2.75) is 5.03 Å². The molecule has 3 aromatic rings. The lowest BCUT2D eigenvalue weighted by atomic mass is 10.1. The van der Waals surface area contributed by atoms with Gasteiger partial charge in [0, 0.05) is 11.1 Å². The monoisotopic (exact) mass is 328 g/mol. The Morgan fingerprint density at radius 1 is 0.833 bits per heavy atom. The van der Waals surface area contributed by atoms with Gasteiger partial charge in [-0.2, -0.15) is 10.5 Å². The van der Waals surface area contributed by atoms with Gasteiger partial charge in [-0.1, -0.05) is 72.4 Å². The summed E-state index contributed by atoms with van der Waals surface area (Å²) in [6.45, 7) is 0. The zero-order chi connectivity index (χ0) is 16.8. The fourth-order valence-electron chi connectivity index (χ4n) is 2.27. The topological polar surface area (TPSA) is 73.4 Å². The number of hydrogen-bond acceptors (Lipinski definition) is 5. The molecule has 0 unspecified atom stereocenters. The van der Waals surface area contributed by atoms with Crippen molar-refractivity contribution in [1.82, 2.24) is 9.97 Å². The minimum atomic E-state index is 0.230. The molecule has 0 saturated heterocycles. The second-order valence-corrected chi connectivity index (χ2v) is 5.83. The van der Waals surface area contributed by atoms with E-state index in [2.05, 4.69) is 22.1 Å². The van der Waals surface area contributed by atoms with E-state index < -0.39 is 0 Å². The average Bonchev–Trinajstić information content (AvgIpc) is 2.67. The number of nitrogens with zero attached hydrogens (tertiary/aromatic N) is 4. The van der Waals surface area contributed by atoms with E-state index in [9.17, 15) is 5.26 Å². The van der Waals surface area contributed by atoms with Gasteiger partial charge < -0.3 is 0 Å². The van der Waals surface area contributed by atoms with Crippen LogP contribution in [0.4, 0.5) is 0 Å². The highest BCUT2D eigenvalue weighted by Gasteiger charge is 2.17. The van der Waals surface area contributed by atoms with Crippen molar-refractivity contribution in [3.05, 3.63) is 66.2 Å². The van der Waals surface area contributed by atoms with Gasteiger partial charge in [0.25, 0.3) is 0 Å². The van der Waals surface area contributed by atoms with Gasteiger partial charge in [0.05, 0.1) is 17.5 Å². The summed E-state index contributed by atoms with van der Waals surface area (Å²) in [7, 11) is 0. The van der Waals surface area contributed by atoms with E-state index in [0.717, 1.165) is 11.1 Å². The molecule has 0 bridgehead atoms. The van der Waals surface area contributed by atoms with Crippen molar-refractivity contribution in [3.8, 4) is 34.8 Å². The summed E-state index contributed by atoms with van der Waals surface area (Å²) in [4.78, 5) is 9.14. The quantitative estimate of drug-likeness (QED) is 0.527. The predicted molar refractivity (Wildman–Crippen MR) is 94.0 cm³/mol. The van der Waals surface area contributed by atoms with E-state index in [1.807, 2.05) is 60.7 Å². The van der Waals surface area contributed by atoms with Gasteiger partial charge in [-0.25, -0.2) is 9.97 Å². The van der Waals surface area contributed by atoms with Crippen LogP contribution in [0.15, 0.2) is 65.7 Å². The highest BCUT2D eigenvalue weighted by molar-refractivity contribution is 7.99. The second-order valence-electron chi connectivity index (χ2n) is 4.87. The molecule has 24 heavy (non-hydrogen) atoms. The fourth-order valence-corrected chi connectivity index (χ4v) is 2.91. The molecule has 1 aromatic heterocycles. The molecule has 0 fully saturated rings. The molecule has 0 radical (unpaired) electrons. The number of rotatable bonds is 4. The molecule has 3 rings (SSSR count). The largest absolute Gasteiger partial charge is 0.227 e. The van der Waals surface area contributed by atoms with E-state index in [4.69, 9.17) is 5.26 Å². The molecule has 5 heteroatoms. The molecule has 0 saturated carbocycles. The first-order valence-corrected chi connectivity index (χ1v) is 8.24. The van der Waals surface area contributed by atoms with Crippen molar-refractivity contribution >= 4 is 11.8 Å². The second kappa shape index (κ2) is 7.41. The average molecular weight is 328 g/mol. The summed E-state index contributed by atoms with van der Waals surface area (Å²) in [5.41, 5.74) is 2.72. The number of benzene rings is 2. The molecule has 114 valence electrons. The van der Waals surface area contributed by atoms with E-state index in [-0.39, 0.29) is 5.75 Å². The Morgan fingerprint density at radius 2 is 1.46 bits per heavy atom. The zero-order valence-electron chi connectivity index (χ0n) is 12.7. The smallest absolute Gasteiger partial charge is 0.161 e. The van der Waals surface area contributed by atoms with Crippen LogP contribution in [0, 0.1) is 22.7 Å². The van der Waals surface area contributed by atoms with Gasteiger partial charge in [-0.3, -0.25) is 0 Å². The molecule has 0 atom stereocenters. The van der Waals surface area contributed by atoms with Gasteiger partial charge in [-0.05, 0) is 0 Å². The lowest BCUT2D eigenvalue weighted by Crippen LogP contribution is -2.00. The van der Waals surface area contributed by atoms with Gasteiger partial charge in [0.2, 0.25) is 0 Å². The lowest BCUT2D eigenvalue weighted by Gasteiger charge is -2.10. The van der Waals surface area contributed by atoms with E-state index >= 15 is 0 Å². The van der Waals surface area contributed by atoms with Crippen molar-refractivity contribution in [1.29, 1.82) is 10.5 Å². The highest BCUT2D eigenvalue weighted by atomic mass is 32.2. The van der Waals surface area contributed by atoms with Gasteiger partial charge in [0.1, 0.15) is 16.7 Å². The normalized spacial score (nSPS) is 9.92. The standard InChI is InChI=1S/C19H12N4S/c20-11-12-24-19-16(13-21)17(14-7-3-1-4-8-14)22-18(23-19)15-9-5-2-6-10-15/h1-10H,12H2. The van der Waals surface area contributed by atoms with Crippen molar-refractivity contribution in [3.63, 3.8) is 0 Å². The van der Waals surface area contributed by atoms with Crippen LogP contribution >= 0.6 is 11.8 Å².